The van der Waals surface area contributed by atoms with Crippen molar-refractivity contribution in [1.29, 1.82) is 0 Å². The lowest BCUT2D eigenvalue weighted by Crippen LogP contribution is -2.14. The van der Waals surface area contributed by atoms with Crippen molar-refractivity contribution >= 4 is 42.4 Å². The van der Waals surface area contributed by atoms with Crippen molar-refractivity contribution in [3.8, 4) is 11.5 Å². The van der Waals surface area contributed by atoms with Crippen molar-refractivity contribution < 1.29 is 22.7 Å². The Balaban J connectivity index is 1.63. The maximum Gasteiger partial charge on any atom is 0.226 e. The summed E-state index contributed by atoms with van der Waals surface area (Å²) in [6.45, 7) is 1.90. The normalized spacial score (nSPS) is 11.4. The van der Waals surface area contributed by atoms with Gasteiger partial charge in [-0.15, -0.1) is 0 Å². The van der Waals surface area contributed by atoms with Crippen LogP contribution in [0.2, 0.25) is 0 Å². The summed E-state index contributed by atoms with van der Waals surface area (Å²) in [4.78, 5) is 16.9. The van der Waals surface area contributed by atoms with Gasteiger partial charge in [-0.1, -0.05) is 29.0 Å². The molecule has 0 fully saturated rings. The Morgan fingerprint density at radius 3 is 2.38 bits per heavy atom. The molecule has 0 bridgehead atoms. The Labute approximate surface area is 173 Å². The topological polar surface area (TPSA) is 94.6 Å². The summed E-state index contributed by atoms with van der Waals surface area (Å²) in [5, 5.41) is 3.14. The number of methoxy groups -OCH3 is 2. The van der Waals surface area contributed by atoms with E-state index in [-0.39, 0.29) is 29.4 Å². The molecule has 0 atom stereocenters. The number of anilines is 1. The lowest BCUT2D eigenvalue weighted by Gasteiger charge is -2.05. The van der Waals surface area contributed by atoms with Gasteiger partial charge in [0.1, 0.15) is 21.7 Å². The number of carbonyl (C=O) groups excluding carboxylic acids is 1. The molecule has 0 aliphatic carbocycles. The number of aryl methyl sites for hydroxylation is 1. The quantitative estimate of drug-likeness (QED) is 0.579. The third kappa shape index (κ3) is 4.86. The minimum Gasteiger partial charge on any atom is -0.495 e. The van der Waals surface area contributed by atoms with Crippen molar-refractivity contribution in [2.45, 2.75) is 24.7 Å². The highest BCUT2D eigenvalue weighted by atomic mass is 32.2. The zero-order valence-electron chi connectivity index (χ0n) is 16.4. The fraction of sp³-hybridized carbons (Fsp3) is 0.300. The molecule has 1 N–H and O–H groups in total. The van der Waals surface area contributed by atoms with Crippen LogP contribution >= 0.6 is 11.3 Å². The van der Waals surface area contributed by atoms with E-state index in [9.17, 15) is 13.2 Å². The van der Waals surface area contributed by atoms with Gasteiger partial charge in [0.2, 0.25) is 5.91 Å². The largest absolute Gasteiger partial charge is 0.495 e. The van der Waals surface area contributed by atoms with E-state index < -0.39 is 9.84 Å². The van der Waals surface area contributed by atoms with Crippen molar-refractivity contribution in [3.05, 3.63) is 42.0 Å². The Morgan fingerprint density at radius 1 is 1.07 bits per heavy atom. The fourth-order valence-corrected chi connectivity index (χ4v) is 5.11. The van der Waals surface area contributed by atoms with E-state index in [1.807, 2.05) is 6.92 Å². The molecule has 9 heteroatoms. The zero-order valence-corrected chi connectivity index (χ0v) is 18.0. The molecule has 1 amide bonds. The second kappa shape index (κ2) is 8.79. The van der Waals surface area contributed by atoms with E-state index in [1.54, 1.807) is 50.6 Å². The van der Waals surface area contributed by atoms with Gasteiger partial charge in [0, 0.05) is 6.42 Å². The van der Waals surface area contributed by atoms with Crippen LogP contribution in [0.4, 0.5) is 5.13 Å². The second-order valence-corrected chi connectivity index (χ2v) is 9.56. The van der Waals surface area contributed by atoms with Gasteiger partial charge in [-0.25, -0.2) is 13.4 Å². The molecule has 3 rings (SSSR count). The zero-order chi connectivity index (χ0) is 21.0. The molecule has 1 heterocycles. The number of amides is 1. The summed E-state index contributed by atoms with van der Waals surface area (Å²) in [5.74, 6) is 0.844. The minimum atomic E-state index is -3.41. The number of ether oxygens (including phenoxy) is 2. The number of nitrogens with one attached hydrogen (secondary N) is 1. The maximum atomic E-state index is 12.4. The fourth-order valence-electron chi connectivity index (χ4n) is 2.81. The van der Waals surface area contributed by atoms with E-state index in [4.69, 9.17) is 9.47 Å². The smallest absolute Gasteiger partial charge is 0.226 e. The molecule has 0 aliphatic rings. The van der Waals surface area contributed by atoms with Gasteiger partial charge in [-0.3, -0.25) is 4.79 Å². The molecule has 3 aromatic rings. The Bertz CT molecular complexity index is 1080. The first-order valence-corrected chi connectivity index (χ1v) is 11.4. The van der Waals surface area contributed by atoms with Gasteiger partial charge in [0.05, 0.1) is 24.9 Å². The summed E-state index contributed by atoms with van der Waals surface area (Å²) < 4.78 is 36.2. The van der Waals surface area contributed by atoms with Crippen LogP contribution in [0.1, 0.15) is 18.4 Å². The van der Waals surface area contributed by atoms with E-state index in [0.717, 1.165) is 10.3 Å². The third-order valence-electron chi connectivity index (χ3n) is 4.35. The summed E-state index contributed by atoms with van der Waals surface area (Å²) in [7, 11) is -0.298. The van der Waals surface area contributed by atoms with Gasteiger partial charge in [-0.2, -0.15) is 0 Å². The SMILES string of the molecule is COc1ccc(OC)c2sc(NC(=O)CCCS(=O)(=O)c3ccc(C)cc3)nc12. The molecule has 0 radical (unpaired) electrons. The number of hydrogen-bond acceptors (Lipinski definition) is 7. The highest BCUT2D eigenvalue weighted by molar-refractivity contribution is 7.91. The number of hydrogen-bond donors (Lipinski definition) is 1. The number of sulfone groups is 1. The predicted molar refractivity (Wildman–Crippen MR) is 114 cm³/mol. The Morgan fingerprint density at radius 2 is 1.72 bits per heavy atom. The van der Waals surface area contributed by atoms with Crippen LogP contribution in [0.5, 0.6) is 11.5 Å². The molecule has 7 nitrogen and oxygen atoms in total. The molecule has 0 aliphatic heterocycles. The predicted octanol–water partition coefficient (Wildman–Crippen LogP) is 3.81. The number of carbonyl (C=O) groups is 1. The highest BCUT2D eigenvalue weighted by Gasteiger charge is 2.17. The third-order valence-corrected chi connectivity index (χ3v) is 7.16. The van der Waals surface area contributed by atoms with Crippen molar-refractivity contribution in [1.82, 2.24) is 4.98 Å². The second-order valence-electron chi connectivity index (χ2n) is 6.45. The van der Waals surface area contributed by atoms with Crippen LogP contribution < -0.4 is 14.8 Å². The van der Waals surface area contributed by atoms with Crippen molar-refractivity contribution in [3.63, 3.8) is 0 Å². The lowest BCUT2D eigenvalue weighted by atomic mass is 10.2. The Kier molecular flexibility index (Phi) is 6.39. The molecule has 0 saturated heterocycles. The van der Waals surface area contributed by atoms with Gasteiger partial charge in [0.25, 0.3) is 0 Å². The van der Waals surface area contributed by atoms with E-state index in [2.05, 4.69) is 10.3 Å². The number of fused-ring (bicyclic) bond motifs is 1. The molecule has 29 heavy (non-hydrogen) atoms. The molecular formula is C20H22N2O5S2. The minimum absolute atomic E-state index is 0.0787. The number of aromatic nitrogens is 1. The molecule has 154 valence electrons. The van der Waals surface area contributed by atoms with Crippen LogP contribution in [0.25, 0.3) is 10.2 Å². The van der Waals surface area contributed by atoms with E-state index in [1.165, 1.54) is 11.3 Å². The number of rotatable bonds is 8. The Hall–Kier alpha value is -2.65. The standard InChI is InChI=1S/C20H22N2O5S2/c1-13-6-8-14(9-7-13)29(24,25)12-4-5-17(23)21-20-22-18-15(26-2)10-11-16(27-3)19(18)28-20/h6-11H,4-5,12H2,1-3H3,(H,21,22,23). The van der Waals surface area contributed by atoms with Crippen LogP contribution in [0.3, 0.4) is 0 Å². The van der Waals surface area contributed by atoms with Gasteiger partial charge in [-0.05, 0) is 37.6 Å². The first-order valence-electron chi connectivity index (χ1n) is 8.95. The van der Waals surface area contributed by atoms with Crippen molar-refractivity contribution in [2.24, 2.45) is 0 Å². The van der Waals surface area contributed by atoms with Gasteiger partial charge >= 0.3 is 0 Å². The van der Waals surface area contributed by atoms with Gasteiger partial charge in [0.15, 0.2) is 15.0 Å². The van der Waals surface area contributed by atoms with Gasteiger partial charge < -0.3 is 14.8 Å². The molecule has 0 spiro atoms. The maximum absolute atomic E-state index is 12.4. The van der Waals surface area contributed by atoms with Crippen LogP contribution in [-0.4, -0.2) is 39.3 Å². The molecule has 0 unspecified atom stereocenters. The van der Waals surface area contributed by atoms with Crippen LogP contribution in [0.15, 0.2) is 41.3 Å². The number of benzene rings is 2. The highest BCUT2D eigenvalue weighted by Crippen LogP contribution is 2.38. The van der Waals surface area contributed by atoms with Crippen molar-refractivity contribution in [2.75, 3.05) is 25.3 Å². The molecule has 1 aromatic heterocycles. The average molecular weight is 435 g/mol. The summed E-state index contributed by atoms with van der Waals surface area (Å²) in [6, 6.07) is 10.2. The monoisotopic (exact) mass is 434 g/mol. The summed E-state index contributed by atoms with van der Waals surface area (Å²) >= 11 is 1.28. The first-order chi connectivity index (χ1) is 13.8. The van der Waals surface area contributed by atoms with Crippen LogP contribution in [-0.2, 0) is 14.6 Å². The molecular weight excluding hydrogens is 412 g/mol. The first kappa shape index (κ1) is 21.1. The molecule has 2 aromatic carbocycles. The summed E-state index contributed by atoms with van der Waals surface area (Å²) in [5.41, 5.74) is 1.60. The van der Waals surface area contributed by atoms with Crippen LogP contribution in [0, 0.1) is 6.92 Å². The summed E-state index contributed by atoms with van der Waals surface area (Å²) in [6.07, 6.45) is 0.300. The lowest BCUT2D eigenvalue weighted by molar-refractivity contribution is -0.116. The van der Waals surface area contributed by atoms with E-state index in [0.29, 0.717) is 22.1 Å². The number of nitrogens with zero attached hydrogens (tertiary/aromatic N) is 1. The van der Waals surface area contributed by atoms with E-state index >= 15 is 0 Å². The molecule has 0 saturated carbocycles. The average Bonchev–Trinajstić information content (AvgIpc) is 3.10. The number of thiazole rings is 1.